The number of rotatable bonds is 5. The van der Waals surface area contributed by atoms with Crippen LogP contribution in [-0.4, -0.2) is 45.2 Å². The molecule has 1 unspecified atom stereocenters. The molecule has 0 spiro atoms. The molecule has 1 aromatic carbocycles. The van der Waals surface area contributed by atoms with E-state index in [1.807, 2.05) is 0 Å². The lowest BCUT2D eigenvalue weighted by atomic mass is 10.0. The van der Waals surface area contributed by atoms with Gasteiger partial charge in [0.25, 0.3) is 0 Å². The van der Waals surface area contributed by atoms with E-state index in [0.717, 1.165) is 31.5 Å². The fourth-order valence-electron chi connectivity index (χ4n) is 2.97. The first-order valence-electron chi connectivity index (χ1n) is 8.13. The van der Waals surface area contributed by atoms with Gasteiger partial charge in [-0.25, -0.2) is 9.07 Å². The zero-order valence-corrected chi connectivity index (χ0v) is 14.8. The van der Waals surface area contributed by atoms with Crippen molar-refractivity contribution in [2.45, 2.75) is 38.3 Å². The summed E-state index contributed by atoms with van der Waals surface area (Å²) in [6.45, 7) is 3.53. The Morgan fingerprint density at radius 1 is 1.44 bits per heavy atom. The van der Waals surface area contributed by atoms with Crippen LogP contribution in [-0.2, 0) is 11.2 Å². The molecule has 0 aliphatic carbocycles. The van der Waals surface area contributed by atoms with Gasteiger partial charge in [-0.15, -0.1) is 17.5 Å². The predicted molar refractivity (Wildman–Crippen MR) is 93.0 cm³/mol. The molecule has 1 aliphatic heterocycles. The van der Waals surface area contributed by atoms with Crippen molar-refractivity contribution in [3.05, 3.63) is 41.5 Å². The van der Waals surface area contributed by atoms with Gasteiger partial charge in [0.15, 0.2) is 0 Å². The number of hydrogen-bond donors (Lipinski definition) is 2. The van der Waals surface area contributed by atoms with Gasteiger partial charge < -0.3 is 10.6 Å². The van der Waals surface area contributed by atoms with Crippen LogP contribution in [0.2, 0.25) is 0 Å². The number of amides is 1. The molecule has 1 fully saturated rings. The van der Waals surface area contributed by atoms with Crippen molar-refractivity contribution in [2.24, 2.45) is 0 Å². The molecular formula is C16H22ClFN6O. The van der Waals surface area contributed by atoms with E-state index in [-0.39, 0.29) is 30.2 Å². The molecule has 1 amide bonds. The Hall–Kier alpha value is -2.06. The molecule has 136 valence electrons. The SMILES string of the molecule is Cc1nnnn1C(Cc1cccc(F)c1)C(=O)NC1CCNCC1.Cl. The lowest BCUT2D eigenvalue weighted by molar-refractivity contribution is -0.125. The van der Waals surface area contributed by atoms with Gasteiger partial charge in [-0.1, -0.05) is 12.1 Å². The van der Waals surface area contributed by atoms with Crippen LogP contribution in [0, 0.1) is 12.7 Å². The molecule has 0 radical (unpaired) electrons. The molecule has 2 N–H and O–H groups in total. The summed E-state index contributed by atoms with van der Waals surface area (Å²) >= 11 is 0. The molecule has 2 heterocycles. The highest BCUT2D eigenvalue weighted by Crippen LogP contribution is 2.17. The van der Waals surface area contributed by atoms with Crippen molar-refractivity contribution in [2.75, 3.05) is 13.1 Å². The maximum absolute atomic E-state index is 13.5. The quantitative estimate of drug-likeness (QED) is 0.828. The first-order valence-corrected chi connectivity index (χ1v) is 8.13. The maximum Gasteiger partial charge on any atom is 0.245 e. The fourth-order valence-corrected chi connectivity index (χ4v) is 2.97. The van der Waals surface area contributed by atoms with E-state index in [9.17, 15) is 9.18 Å². The van der Waals surface area contributed by atoms with Gasteiger partial charge in [-0.3, -0.25) is 4.79 Å². The first kappa shape index (κ1) is 19.3. The topological polar surface area (TPSA) is 84.7 Å². The third kappa shape index (κ3) is 4.96. The van der Waals surface area contributed by atoms with E-state index in [1.165, 1.54) is 16.8 Å². The van der Waals surface area contributed by atoms with Crippen LogP contribution < -0.4 is 10.6 Å². The van der Waals surface area contributed by atoms with Crippen LogP contribution in [0.4, 0.5) is 4.39 Å². The van der Waals surface area contributed by atoms with Gasteiger partial charge in [0, 0.05) is 12.5 Å². The third-order valence-corrected chi connectivity index (χ3v) is 4.26. The number of aryl methyl sites for hydroxylation is 1. The summed E-state index contributed by atoms with van der Waals surface area (Å²) in [6, 6.07) is 5.80. The van der Waals surface area contributed by atoms with E-state index < -0.39 is 6.04 Å². The molecule has 1 saturated heterocycles. The van der Waals surface area contributed by atoms with Crippen LogP contribution in [0.1, 0.15) is 30.3 Å². The number of carbonyl (C=O) groups excluding carboxylic acids is 1. The van der Waals surface area contributed by atoms with E-state index in [2.05, 4.69) is 26.2 Å². The zero-order chi connectivity index (χ0) is 16.9. The van der Waals surface area contributed by atoms with E-state index in [0.29, 0.717) is 12.2 Å². The first-order chi connectivity index (χ1) is 11.6. The molecule has 2 aromatic rings. The van der Waals surface area contributed by atoms with Crippen molar-refractivity contribution in [3.63, 3.8) is 0 Å². The summed E-state index contributed by atoms with van der Waals surface area (Å²) in [5.74, 6) is 0.0943. The molecular weight excluding hydrogens is 347 g/mol. The fraction of sp³-hybridized carbons (Fsp3) is 0.500. The lowest BCUT2D eigenvalue weighted by Gasteiger charge is -2.26. The van der Waals surface area contributed by atoms with E-state index in [4.69, 9.17) is 0 Å². The summed E-state index contributed by atoms with van der Waals surface area (Å²) in [6.07, 6.45) is 2.13. The largest absolute Gasteiger partial charge is 0.351 e. The van der Waals surface area contributed by atoms with E-state index in [1.54, 1.807) is 19.1 Å². The normalized spacial score (nSPS) is 16.1. The zero-order valence-electron chi connectivity index (χ0n) is 14.0. The minimum absolute atomic E-state index is 0. The van der Waals surface area contributed by atoms with Gasteiger partial charge in [0.1, 0.15) is 17.7 Å². The van der Waals surface area contributed by atoms with Crippen molar-refractivity contribution in [3.8, 4) is 0 Å². The number of nitrogens with one attached hydrogen (secondary N) is 2. The number of carbonyl (C=O) groups is 1. The number of tetrazole rings is 1. The second-order valence-electron chi connectivity index (χ2n) is 6.05. The Labute approximate surface area is 151 Å². The summed E-state index contributed by atoms with van der Waals surface area (Å²) in [5, 5.41) is 17.8. The number of nitrogens with zero attached hydrogens (tertiary/aromatic N) is 4. The predicted octanol–water partition coefficient (Wildman–Crippen LogP) is 1.19. The Kier molecular flexibility index (Phi) is 6.83. The second kappa shape index (κ2) is 8.87. The van der Waals surface area contributed by atoms with E-state index >= 15 is 0 Å². The molecule has 9 heteroatoms. The molecule has 0 bridgehead atoms. The molecule has 3 rings (SSSR count). The van der Waals surface area contributed by atoms with Gasteiger partial charge in [-0.05, 0) is 61.0 Å². The number of piperidine rings is 1. The average molecular weight is 369 g/mol. The number of halogens is 2. The van der Waals surface area contributed by atoms with Crippen molar-refractivity contribution in [1.29, 1.82) is 0 Å². The molecule has 1 atom stereocenters. The van der Waals surface area contributed by atoms with Crippen LogP contribution in [0.3, 0.4) is 0 Å². The molecule has 1 aromatic heterocycles. The Balaban J connectivity index is 0.00000225. The van der Waals surface area contributed by atoms with Gasteiger partial charge in [0.05, 0.1) is 0 Å². The van der Waals surface area contributed by atoms with Crippen LogP contribution in [0.5, 0.6) is 0 Å². The average Bonchev–Trinajstić information content (AvgIpc) is 2.99. The van der Waals surface area contributed by atoms with Crippen LogP contribution >= 0.6 is 12.4 Å². The molecule has 25 heavy (non-hydrogen) atoms. The highest BCUT2D eigenvalue weighted by Gasteiger charge is 2.26. The lowest BCUT2D eigenvalue weighted by Crippen LogP contribution is -2.46. The number of benzene rings is 1. The Morgan fingerprint density at radius 2 is 2.20 bits per heavy atom. The summed E-state index contributed by atoms with van der Waals surface area (Å²) in [7, 11) is 0. The number of hydrogen-bond acceptors (Lipinski definition) is 5. The monoisotopic (exact) mass is 368 g/mol. The summed E-state index contributed by atoms with van der Waals surface area (Å²) in [5.41, 5.74) is 0.732. The maximum atomic E-state index is 13.5. The van der Waals surface area contributed by atoms with Gasteiger partial charge in [0.2, 0.25) is 5.91 Å². The Bertz CT molecular complexity index is 703. The second-order valence-corrected chi connectivity index (χ2v) is 6.05. The summed E-state index contributed by atoms with van der Waals surface area (Å²) in [4.78, 5) is 12.8. The molecule has 1 aliphatic rings. The third-order valence-electron chi connectivity index (χ3n) is 4.26. The standard InChI is InChI=1S/C16H21FN6O.ClH/c1-11-20-21-22-23(11)15(10-12-3-2-4-13(17)9-12)16(24)19-14-5-7-18-8-6-14;/h2-4,9,14-15,18H,5-8,10H2,1H3,(H,19,24);1H. The highest BCUT2D eigenvalue weighted by atomic mass is 35.5. The van der Waals surface area contributed by atoms with Gasteiger partial charge in [-0.2, -0.15) is 0 Å². The Morgan fingerprint density at radius 3 is 2.84 bits per heavy atom. The van der Waals surface area contributed by atoms with Crippen LogP contribution in [0.15, 0.2) is 24.3 Å². The summed E-state index contributed by atoms with van der Waals surface area (Å²) < 4.78 is 15.0. The molecule has 0 saturated carbocycles. The van der Waals surface area contributed by atoms with Gasteiger partial charge >= 0.3 is 0 Å². The van der Waals surface area contributed by atoms with Crippen LogP contribution in [0.25, 0.3) is 0 Å². The minimum Gasteiger partial charge on any atom is -0.351 e. The minimum atomic E-state index is -0.600. The van der Waals surface area contributed by atoms with Crippen molar-refractivity contribution >= 4 is 18.3 Å². The number of aromatic nitrogens is 4. The van der Waals surface area contributed by atoms with Crippen molar-refractivity contribution < 1.29 is 9.18 Å². The highest BCUT2D eigenvalue weighted by molar-refractivity contribution is 5.85. The van der Waals surface area contributed by atoms with Crippen molar-refractivity contribution in [1.82, 2.24) is 30.8 Å². The smallest absolute Gasteiger partial charge is 0.245 e. The molecule has 7 nitrogen and oxygen atoms in total.